The minimum atomic E-state index is -3.44. The summed E-state index contributed by atoms with van der Waals surface area (Å²) in [6, 6.07) is 3.24. The molecule has 2 heterocycles. The molecule has 5 nitrogen and oxygen atoms in total. The van der Waals surface area contributed by atoms with E-state index in [1.165, 1.54) is 4.31 Å². The highest BCUT2D eigenvalue weighted by Crippen LogP contribution is 2.33. The van der Waals surface area contributed by atoms with E-state index in [0.717, 1.165) is 15.1 Å². The largest absolute Gasteiger partial charge is 0.481 e. The standard InChI is InChI=1S/C10H12BrNO4S2/c1-6(10(13)14)7-4-12(5-7)18(15,16)9-3-2-8(11)17-9/h2-3,6-7H,4-5H2,1H3,(H,13,14). The van der Waals surface area contributed by atoms with Crippen molar-refractivity contribution in [3.8, 4) is 0 Å². The first-order chi connectivity index (χ1) is 8.32. The first-order valence-corrected chi connectivity index (χ1v) is 8.35. The van der Waals surface area contributed by atoms with E-state index in [1.54, 1.807) is 19.1 Å². The van der Waals surface area contributed by atoms with Gasteiger partial charge in [-0.25, -0.2) is 8.42 Å². The molecule has 1 aliphatic rings. The zero-order chi connectivity index (χ0) is 13.5. The Kier molecular flexibility index (Phi) is 3.82. The molecule has 1 N–H and O–H groups in total. The van der Waals surface area contributed by atoms with E-state index in [9.17, 15) is 13.2 Å². The minimum Gasteiger partial charge on any atom is -0.481 e. The Morgan fingerprint density at radius 1 is 1.56 bits per heavy atom. The highest BCUT2D eigenvalue weighted by Gasteiger charge is 2.41. The number of sulfonamides is 1. The zero-order valence-corrected chi connectivity index (χ0v) is 12.8. The Morgan fingerprint density at radius 3 is 2.61 bits per heavy atom. The highest BCUT2D eigenvalue weighted by atomic mass is 79.9. The van der Waals surface area contributed by atoms with Gasteiger partial charge in [0.05, 0.1) is 9.70 Å². The maximum Gasteiger partial charge on any atom is 0.306 e. The van der Waals surface area contributed by atoms with Crippen LogP contribution in [0, 0.1) is 11.8 Å². The maximum absolute atomic E-state index is 12.1. The normalized spacial score (nSPS) is 19.4. The van der Waals surface area contributed by atoms with Crippen molar-refractivity contribution < 1.29 is 18.3 Å². The van der Waals surface area contributed by atoms with Gasteiger partial charge in [-0.15, -0.1) is 11.3 Å². The lowest BCUT2D eigenvalue weighted by atomic mass is 9.89. The Bertz CT molecular complexity index is 562. The summed E-state index contributed by atoms with van der Waals surface area (Å²) in [6.45, 7) is 2.18. The van der Waals surface area contributed by atoms with E-state index in [-0.39, 0.29) is 23.2 Å². The zero-order valence-electron chi connectivity index (χ0n) is 9.54. The van der Waals surface area contributed by atoms with Crippen LogP contribution in [0.5, 0.6) is 0 Å². The number of aliphatic carboxylic acids is 1. The van der Waals surface area contributed by atoms with Crippen LogP contribution < -0.4 is 0 Å². The fourth-order valence-corrected chi connectivity index (χ4v) is 5.47. The van der Waals surface area contributed by atoms with Crippen LogP contribution in [0.2, 0.25) is 0 Å². The van der Waals surface area contributed by atoms with E-state index in [1.807, 2.05) is 0 Å². The Morgan fingerprint density at radius 2 is 2.17 bits per heavy atom. The van der Waals surface area contributed by atoms with Crippen molar-refractivity contribution in [2.75, 3.05) is 13.1 Å². The van der Waals surface area contributed by atoms with Gasteiger partial charge in [-0.2, -0.15) is 4.31 Å². The summed E-state index contributed by atoms with van der Waals surface area (Å²) in [5.41, 5.74) is 0. The van der Waals surface area contributed by atoms with Crippen molar-refractivity contribution in [1.29, 1.82) is 0 Å². The summed E-state index contributed by atoms with van der Waals surface area (Å²) >= 11 is 4.38. The topological polar surface area (TPSA) is 74.7 Å². The molecule has 1 aromatic heterocycles. The predicted molar refractivity (Wildman–Crippen MR) is 71.1 cm³/mol. The number of carbonyl (C=O) groups is 1. The van der Waals surface area contributed by atoms with E-state index in [2.05, 4.69) is 15.9 Å². The molecule has 100 valence electrons. The van der Waals surface area contributed by atoms with Gasteiger partial charge >= 0.3 is 5.97 Å². The van der Waals surface area contributed by atoms with Gasteiger partial charge in [0.2, 0.25) is 0 Å². The molecule has 0 aliphatic carbocycles. The number of nitrogens with zero attached hydrogens (tertiary/aromatic N) is 1. The molecule has 1 aromatic rings. The third kappa shape index (κ3) is 2.47. The third-order valence-electron chi connectivity index (χ3n) is 3.12. The van der Waals surface area contributed by atoms with Crippen LogP contribution in [-0.2, 0) is 14.8 Å². The van der Waals surface area contributed by atoms with Gasteiger partial charge in [-0.1, -0.05) is 6.92 Å². The molecule has 0 bridgehead atoms. The average Bonchev–Trinajstić information content (AvgIpc) is 2.62. The Balaban J connectivity index is 2.06. The van der Waals surface area contributed by atoms with Gasteiger partial charge in [-0.3, -0.25) is 4.79 Å². The molecule has 0 spiro atoms. The SMILES string of the molecule is CC(C(=O)O)C1CN(S(=O)(=O)c2ccc(Br)s2)C1. The first kappa shape index (κ1) is 14.0. The molecule has 2 rings (SSSR count). The summed E-state index contributed by atoms with van der Waals surface area (Å²) < 4.78 is 26.6. The van der Waals surface area contributed by atoms with Gasteiger partial charge in [0.25, 0.3) is 10.0 Å². The molecule has 1 saturated heterocycles. The molecule has 0 saturated carbocycles. The predicted octanol–water partition coefficient (Wildman–Crippen LogP) is 1.85. The lowest BCUT2D eigenvalue weighted by Gasteiger charge is -2.39. The number of rotatable bonds is 4. The first-order valence-electron chi connectivity index (χ1n) is 5.30. The van der Waals surface area contributed by atoms with Crippen molar-refractivity contribution in [3.05, 3.63) is 15.9 Å². The van der Waals surface area contributed by atoms with Crippen LogP contribution in [0.3, 0.4) is 0 Å². The molecule has 1 aliphatic heterocycles. The van der Waals surface area contributed by atoms with Crippen LogP contribution in [0.15, 0.2) is 20.1 Å². The maximum atomic E-state index is 12.1. The Labute approximate surface area is 118 Å². The number of carboxylic acid groups (broad SMARTS) is 1. The molecule has 8 heteroatoms. The van der Waals surface area contributed by atoms with Crippen LogP contribution in [0.25, 0.3) is 0 Å². The molecular formula is C10H12BrNO4S2. The summed E-state index contributed by atoms with van der Waals surface area (Å²) in [4.78, 5) is 10.8. The molecule has 1 atom stereocenters. The smallest absolute Gasteiger partial charge is 0.306 e. The monoisotopic (exact) mass is 353 g/mol. The number of hydrogen-bond donors (Lipinski definition) is 1. The van der Waals surface area contributed by atoms with Gasteiger partial charge < -0.3 is 5.11 Å². The van der Waals surface area contributed by atoms with Gasteiger partial charge in [-0.05, 0) is 34.0 Å². The van der Waals surface area contributed by atoms with Crippen LogP contribution in [-0.4, -0.2) is 36.9 Å². The number of halogens is 1. The summed E-state index contributed by atoms with van der Waals surface area (Å²) in [6.07, 6.45) is 0. The lowest BCUT2D eigenvalue weighted by Crippen LogP contribution is -2.53. The minimum absolute atomic E-state index is 0.0966. The van der Waals surface area contributed by atoms with Crippen LogP contribution >= 0.6 is 27.3 Å². The lowest BCUT2D eigenvalue weighted by molar-refractivity contribution is -0.144. The van der Waals surface area contributed by atoms with Crippen molar-refractivity contribution in [3.63, 3.8) is 0 Å². The fraction of sp³-hybridized carbons (Fsp3) is 0.500. The number of thiophene rings is 1. The third-order valence-corrected chi connectivity index (χ3v) is 7.04. The molecule has 1 fully saturated rings. The van der Waals surface area contributed by atoms with Gasteiger partial charge in [0, 0.05) is 13.1 Å². The molecule has 0 amide bonds. The summed E-state index contributed by atoms with van der Waals surface area (Å²) in [7, 11) is -3.44. The average molecular weight is 354 g/mol. The molecule has 0 aromatic carbocycles. The summed E-state index contributed by atoms with van der Waals surface area (Å²) in [5.74, 6) is -1.48. The molecule has 18 heavy (non-hydrogen) atoms. The number of hydrogen-bond acceptors (Lipinski definition) is 4. The molecule has 0 radical (unpaired) electrons. The van der Waals surface area contributed by atoms with Crippen molar-refractivity contribution >= 4 is 43.3 Å². The second kappa shape index (κ2) is 4.92. The van der Waals surface area contributed by atoms with Crippen molar-refractivity contribution in [2.45, 2.75) is 11.1 Å². The van der Waals surface area contributed by atoms with E-state index >= 15 is 0 Å². The highest BCUT2D eigenvalue weighted by molar-refractivity contribution is 9.11. The van der Waals surface area contributed by atoms with Crippen LogP contribution in [0.4, 0.5) is 0 Å². The quantitative estimate of drug-likeness (QED) is 0.896. The Hall–Kier alpha value is -0.440. The molecule has 1 unspecified atom stereocenters. The van der Waals surface area contributed by atoms with E-state index < -0.39 is 21.9 Å². The second-order valence-corrected chi connectivity index (χ2v) is 8.90. The van der Waals surface area contributed by atoms with Crippen molar-refractivity contribution in [2.24, 2.45) is 11.8 Å². The van der Waals surface area contributed by atoms with Crippen molar-refractivity contribution in [1.82, 2.24) is 4.31 Å². The van der Waals surface area contributed by atoms with E-state index in [4.69, 9.17) is 5.11 Å². The van der Waals surface area contributed by atoms with Gasteiger partial charge in [0.15, 0.2) is 0 Å². The fourth-order valence-electron chi connectivity index (χ4n) is 1.75. The van der Waals surface area contributed by atoms with Crippen LogP contribution in [0.1, 0.15) is 6.92 Å². The van der Waals surface area contributed by atoms with Gasteiger partial charge in [0.1, 0.15) is 4.21 Å². The molecular weight excluding hydrogens is 342 g/mol. The number of carboxylic acids is 1. The second-order valence-electron chi connectivity index (χ2n) is 4.27. The van der Waals surface area contributed by atoms with E-state index in [0.29, 0.717) is 0 Å². The summed E-state index contributed by atoms with van der Waals surface area (Å²) in [5, 5.41) is 8.85.